The van der Waals surface area contributed by atoms with Crippen LogP contribution < -0.4 is 0 Å². The maximum absolute atomic E-state index is 12.4. The average molecular weight is 290 g/mol. The van der Waals surface area contributed by atoms with Crippen LogP contribution in [0.1, 0.15) is 26.2 Å². The highest BCUT2D eigenvalue weighted by Crippen LogP contribution is 2.33. The van der Waals surface area contributed by atoms with Crippen molar-refractivity contribution in [2.75, 3.05) is 25.1 Å². The number of amides is 1. The van der Waals surface area contributed by atoms with Crippen molar-refractivity contribution in [2.24, 2.45) is 11.8 Å². The molecule has 0 aromatic carbocycles. The molecule has 0 spiro atoms. The maximum atomic E-state index is 12.4. The Kier molecular flexibility index (Phi) is 4.25. The predicted molar refractivity (Wildman–Crippen MR) is 66.6 cm³/mol. The van der Waals surface area contributed by atoms with Gasteiger partial charge in [-0.25, -0.2) is 0 Å². The molecule has 1 heterocycles. The largest absolute Gasteiger partial charge is 0.377 e. The minimum absolute atomic E-state index is 0.231. The lowest BCUT2D eigenvalue weighted by Crippen LogP contribution is -2.51. The van der Waals surface area contributed by atoms with Gasteiger partial charge in [-0.2, -0.15) is 0 Å². The molecule has 1 saturated carbocycles. The summed E-state index contributed by atoms with van der Waals surface area (Å²) in [5, 5.41) is 0.819. The summed E-state index contributed by atoms with van der Waals surface area (Å²) >= 11 is 3.47. The van der Waals surface area contributed by atoms with Crippen LogP contribution in [-0.4, -0.2) is 41.9 Å². The van der Waals surface area contributed by atoms with Crippen LogP contribution in [0.25, 0.3) is 0 Å². The highest BCUT2D eigenvalue weighted by atomic mass is 79.9. The van der Waals surface area contributed by atoms with E-state index in [2.05, 4.69) is 22.9 Å². The molecule has 0 bridgehead atoms. The molecule has 92 valence electrons. The van der Waals surface area contributed by atoms with Crippen LogP contribution in [-0.2, 0) is 9.53 Å². The first-order valence-corrected chi connectivity index (χ1v) is 7.30. The summed E-state index contributed by atoms with van der Waals surface area (Å²) < 4.78 is 5.42. The summed E-state index contributed by atoms with van der Waals surface area (Å²) in [5.74, 6) is 1.18. The second-order valence-corrected chi connectivity index (χ2v) is 5.58. The van der Waals surface area contributed by atoms with Crippen molar-refractivity contribution in [3.63, 3.8) is 0 Å². The first-order chi connectivity index (χ1) is 7.74. The molecular weight excluding hydrogens is 270 g/mol. The summed E-state index contributed by atoms with van der Waals surface area (Å²) in [5.41, 5.74) is 0. The van der Waals surface area contributed by atoms with Crippen LogP contribution in [0.15, 0.2) is 0 Å². The van der Waals surface area contributed by atoms with E-state index in [0.29, 0.717) is 25.0 Å². The van der Waals surface area contributed by atoms with E-state index in [1.807, 2.05) is 4.90 Å². The highest BCUT2D eigenvalue weighted by Gasteiger charge is 2.36. The fourth-order valence-corrected chi connectivity index (χ4v) is 3.33. The van der Waals surface area contributed by atoms with Gasteiger partial charge in [0.05, 0.1) is 19.3 Å². The fourth-order valence-electron chi connectivity index (χ4n) is 2.80. The number of carbonyl (C=O) groups excluding carboxylic acids is 1. The van der Waals surface area contributed by atoms with Crippen molar-refractivity contribution in [1.82, 2.24) is 4.90 Å². The lowest BCUT2D eigenvalue weighted by molar-refractivity contribution is -0.144. The fraction of sp³-hybridized carbons (Fsp3) is 0.917. The standard InChI is InChI=1S/C12H20BrNO2/c1-9-3-2-4-11(9)12(15)14-5-6-16-8-10(14)7-13/h9-11H,2-8H2,1H3. The van der Waals surface area contributed by atoms with Gasteiger partial charge in [-0.15, -0.1) is 0 Å². The Morgan fingerprint density at radius 3 is 2.94 bits per heavy atom. The Hall–Kier alpha value is -0.0900. The molecule has 1 amide bonds. The Bertz CT molecular complexity index is 259. The second-order valence-electron chi connectivity index (χ2n) is 4.93. The molecule has 1 aliphatic heterocycles. The minimum atomic E-state index is 0.231. The number of halogens is 1. The molecule has 1 aliphatic carbocycles. The summed E-state index contributed by atoms with van der Waals surface area (Å²) in [6, 6.07) is 0.231. The second kappa shape index (κ2) is 5.50. The number of carbonyl (C=O) groups is 1. The van der Waals surface area contributed by atoms with Crippen LogP contribution >= 0.6 is 15.9 Å². The molecule has 2 aliphatic rings. The van der Waals surface area contributed by atoms with Gasteiger partial charge in [-0.1, -0.05) is 29.3 Å². The lowest BCUT2D eigenvalue weighted by Gasteiger charge is -2.37. The molecule has 3 atom stereocenters. The predicted octanol–water partition coefficient (Wildman–Crippen LogP) is 2.04. The first kappa shape index (κ1) is 12.4. The molecule has 2 rings (SSSR count). The molecule has 0 aromatic heterocycles. The number of alkyl halides is 1. The van der Waals surface area contributed by atoms with Gasteiger partial charge in [-0.3, -0.25) is 4.79 Å². The van der Waals surface area contributed by atoms with Crippen molar-refractivity contribution >= 4 is 21.8 Å². The summed E-state index contributed by atoms with van der Waals surface area (Å²) in [4.78, 5) is 14.5. The Labute approximate surface area is 106 Å². The summed E-state index contributed by atoms with van der Waals surface area (Å²) in [6.45, 7) is 4.34. The number of rotatable bonds is 2. The lowest BCUT2D eigenvalue weighted by atomic mass is 9.96. The van der Waals surface area contributed by atoms with Gasteiger partial charge in [0.25, 0.3) is 0 Å². The molecule has 4 heteroatoms. The van der Waals surface area contributed by atoms with E-state index in [0.717, 1.165) is 18.3 Å². The summed E-state index contributed by atoms with van der Waals surface area (Å²) in [6.07, 6.45) is 3.49. The van der Waals surface area contributed by atoms with Crippen LogP contribution in [0.2, 0.25) is 0 Å². The van der Waals surface area contributed by atoms with Crippen molar-refractivity contribution < 1.29 is 9.53 Å². The van der Waals surface area contributed by atoms with Gasteiger partial charge in [0.1, 0.15) is 0 Å². The number of hydrogen-bond donors (Lipinski definition) is 0. The number of ether oxygens (including phenoxy) is 1. The van der Waals surface area contributed by atoms with E-state index < -0.39 is 0 Å². The van der Waals surface area contributed by atoms with Gasteiger partial charge in [0.2, 0.25) is 5.91 Å². The minimum Gasteiger partial charge on any atom is -0.377 e. The molecule has 3 unspecified atom stereocenters. The van der Waals surface area contributed by atoms with Gasteiger partial charge in [-0.05, 0) is 18.8 Å². The van der Waals surface area contributed by atoms with E-state index in [1.54, 1.807) is 0 Å². The van der Waals surface area contributed by atoms with Crippen LogP contribution in [0.3, 0.4) is 0 Å². The molecule has 0 radical (unpaired) electrons. The highest BCUT2D eigenvalue weighted by molar-refractivity contribution is 9.09. The van der Waals surface area contributed by atoms with Crippen molar-refractivity contribution in [1.29, 1.82) is 0 Å². The van der Waals surface area contributed by atoms with E-state index in [-0.39, 0.29) is 12.0 Å². The van der Waals surface area contributed by atoms with E-state index in [1.165, 1.54) is 12.8 Å². The third-order valence-electron chi connectivity index (χ3n) is 3.87. The van der Waals surface area contributed by atoms with Crippen LogP contribution in [0.5, 0.6) is 0 Å². The van der Waals surface area contributed by atoms with Gasteiger partial charge in [0.15, 0.2) is 0 Å². The Morgan fingerprint density at radius 2 is 2.31 bits per heavy atom. The molecule has 16 heavy (non-hydrogen) atoms. The number of morpholine rings is 1. The van der Waals surface area contributed by atoms with Crippen molar-refractivity contribution in [2.45, 2.75) is 32.2 Å². The van der Waals surface area contributed by atoms with Gasteiger partial charge >= 0.3 is 0 Å². The molecule has 0 N–H and O–H groups in total. The quantitative estimate of drug-likeness (QED) is 0.728. The third-order valence-corrected chi connectivity index (χ3v) is 4.61. The Morgan fingerprint density at radius 1 is 1.50 bits per heavy atom. The molecule has 0 aromatic rings. The van der Waals surface area contributed by atoms with E-state index >= 15 is 0 Å². The Balaban J connectivity index is 2.01. The number of hydrogen-bond acceptors (Lipinski definition) is 2. The molecule has 2 fully saturated rings. The van der Waals surface area contributed by atoms with Crippen molar-refractivity contribution in [3.05, 3.63) is 0 Å². The van der Waals surface area contributed by atoms with Crippen LogP contribution in [0, 0.1) is 11.8 Å². The first-order valence-electron chi connectivity index (χ1n) is 6.18. The zero-order valence-electron chi connectivity index (χ0n) is 9.82. The number of nitrogens with zero attached hydrogens (tertiary/aromatic N) is 1. The zero-order valence-corrected chi connectivity index (χ0v) is 11.4. The van der Waals surface area contributed by atoms with E-state index in [4.69, 9.17) is 4.74 Å². The molecular formula is C12H20BrNO2. The topological polar surface area (TPSA) is 29.5 Å². The average Bonchev–Trinajstić information content (AvgIpc) is 2.74. The van der Waals surface area contributed by atoms with Crippen molar-refractivity contribution in [3.8, 4) is 0 Å². The normalized spacial score (nSPS) is 35.4. The summed E-state index contributed by atoms with van der Waals surface area (Å²) in [7, 11) is 0. The maximum Gasteiger partial charge on any atom is 0.226 e. The van der Waals surface area contributed by atoms with Gasteiger partial charge in [0, 0.05) is 17.8 Å². The SMILES string of the molecule is CC1CCCC1C(=O)N1CCOCC1CBr. The monoisotopic (exact) mass is 289 g/mol. The molecule has 3 nitrogen and oxygen atoms in total. The third kappa shape index (κ3) is 2.43. The molecule has 1 saturated heterocycles. The zero-order chi connectivity index (χ0) is 11.5. The smallest absolute Gasteiger partial charge is 0.226 e. The van der Waals surface area contributed by atoms with Crippen LogP contribution in [0.4, 0.5) is 0 Å². The van der Waals surface area contributed by atoms with E-state index in [9.17, 15) is 4.79 Å². The van der Waals surface area contributed by atoms with Gasteiger partial charge < -0.3 is 9.64 Å².